The van der Waals surface area contributed by atoms with Gasteiger partial charge < -0.3 is 9.47 Å². The largest absolute Gasteiger partial charge is 0.353 e. The fourth-order valence-electron chi connectivity index (χ4n) is 5.04. The number of hydrogen-bond donors (Lipinski definition) is 0. The van der Waals surface area contributed by atoms with Gasteiger partial charge in [-0.25, -0.2) is 0 Å². The molecule has 3 aliphatic rings. The first-order chi connectivity index (χ1) is 9.94. The number of fused-ring (bicyclic) bond motifs is 1. The lowest BCUT2D eigenvalue weighted by molar-refractivity contribution is -0.237. The van der Waals surface area contributed by atoms with E-state index in [2.05, 4.69) is 20.8 Å². The second-order valence-corrected chi connectivity index (χ2v) is 8.06. The highest BCUT2D eigenvalue weighted by Crippen LogP contribution is 2.57. The van der Waals surface area contributed by atoms with Gasteiger partial charge >= 0.3 is 0 Å². The number of ketones is 1. The maximum Gasteiger partial charge on any atom is 0.157 e. The van der Waals surface area contributed by atoms with E-state index < -0.39 is 0 Å². The third-order valence-electron chi connectivity index (χ3n) is 6.43. The average molecular weight is 294 g/mol. The third-order valence-corrected chi connectivity index (χ3v) is 6.43. The molecule has 1 unspecified atom stereocenters. The van der Waals surface area contributed by atoms with Crippen molar-refractivity contribution in [1.82, 2.24) is 0 Å². The zero-order chi connectivity index (χ0) is 15.1. The Morgan fingerprint density at radius 2 is 1.90 bits per heavy atom. The van der Waals surface area contributed by atoms with Gasteiger partial charge in [0.15, 0.2) is 6.29 Å². The lowest BCUT2D eigenvalue weighted by Gasteiger charge is -2.56. The highest BCUT2D eigenvalue weighted by atomic mass is 16.7. The van der Waals surface area contributed by atoms with Gasteiger partial charge in [0.05, 0.1) is 6.10 Å². The average Bonchev–Trinajstić information content (AvgIpc) is 2.47. The lowest BCUT2D eigenvalue weighted by atomic mass is 9.50. The Morgan fingerprint density at radius 1 is 1.10 bits per heavy atom. The van der Waals surface area contributed by atoms with Crippen LogP contribution in [0.3, 0.4) is 0 Å². The number of ether oxygens (including phenoxy) is 2. The predicted molar refractivity (Wildman–Crippen MR) is 81.9 cm³/mol. The minimum absolute atomic E-state index is 0.0138. The van der Waals surface area contributed by atoms with Crippen LogP contribution in [-0.4, -0.2) is 24.8 Å². The second kappa shape index (κ2) is 5.66. The molecule has 0 radical (unpaired) electrons. The zero-order valence-electron chi connectivity index (χ0n) is 13.8. The van der Waals surface area contributed by atoms with Crippen molar-refractivity contribution >= 4 is 5.78 Å². The summed E-state index contributed by atoms with van der Waals surface area (Å²) in [5.74, 6) is 0.896. The molecule has 2 aliphatic carbocycles. The molecule has 1 heterocycles. The van der Waals surface area contributed by atoms with Crippen LogP contribution in [0.5, 0.6) is 0 Å². The van der Waals surface area contributed by atoms with Crippen LogP contribution in [-0.2, 0) is 14.3 Å². The van der Waals surface area contributed by atoms with Crippen molar-refractivity contribution in [1.29, 1.82) is 0 Å². The van der Waals surface area contributed by atoms with E-state index in [0.29, 0.717) is 18.1 Å². The molecule has 120 valence electrons. The molecule has 0 spiro atoms. The van der Waals surface area contributed by atoms with Gasteiger partial charge in [-0.2, -0.15) is 0 Å². The molecule has 0 aromatic rings. The molecule has 21 heavy (non-hydrogen) atoms. The molecule has 1 saturated heterocycles. The van der Waals surface area contributed by atoms with Gasteiger partial charge in [-0.15, -0.1) is 0 Å². The van der Waals surface area contributed by atoms with Crippen molar-refractivity contribution in [3.63, 3.8) is 0 Å². The minimum Gasteiger partial charge on any atom is -0.353 e. The molecule has 1 aliphatic heterocycles. The van der Waals surface area contributed by atoms with Crippen LogP contribution in [0, 0.1) is 16.7 Å². The summed E-state index contributed by atoms with van der Waals surface area (Å²) < 4.78 is 12.2. The minimum atomic E-state index is -0.192. The van der Waals surface area contributed by atoms with Crippen molar-refractivity contribution in [2.75, 3.05) is 6.61 Å². The Kier molecular flexibility index (Phi) is 4.17. The summed E-state index contributed by atoms with van der Waals surface area (Å²) in [5, 5.41) is 0. The molecule has 2 saturated carbocycles. The van der Waals surface area contributed by atoms with E-state index in [9.17, 15) is 4.79 Å². The molecule has 3 heteroatoms. The molecule has 3 nitrogen and oxygen atoms in total. The van der Waals surface area contributed by atoms with Gasteiger partial charge in [-0.1, -0.05) is 27.2 Å². The third kappa shape index (κ3) is 2.68. The molecular weight excluding hydrogens is 264 g/mol. The summed E-state index contributed by atoms with van der Waals surface area (Å²) in [7, 11) is 0. The maximum atomic E-state index is 12.3. The van der Waals surface area contributed by atoms with Crippen molar-refractivity contribution in [2.24, 2.45) is 16.7 Å². The highest BCUT2D eigenvalue weighted by molar-refractivity contribution is 5.85. The van der Waals surface area contributed by atoms with Crippen LogP contribution in [0.15, 0.2) is 0 Å². The smallest absolute Gasteiger partial charge is 0.157 e. The topological polar surface area (TPSA) is 35.5 Å². The fraction of sp³-hybridized carbons (Fsp3) is 0.944. The van der Waals surface area contributed by atoms with Crippen LogP contribution < -0.4 is 0 Å². The van der Waals surface area contributed by atoms with Gasteiger partial charge in [0.25, 0.3) is 0 Å². The first-order valence-electron chi connectivity index (χ1n) is 8.75. The molecule has 0 bridgehead atoms. The number of hydrogen-bond acceptors (Lipinski definition) is 3. The first-order valence-corrected chi connectivity index (χ1v) is 8.75. The Labute approximate surface area is 128 Å². The summed E-state index contributed by atoms with van der Waals surface area (Å²) in [6.45, 7) is 7.49. The summed E-state index contributed by atoms with van der Waals surface area (Å²) in [5.41, 5.74) is -0.0566. The molecule has 3 fully saturated rings. The highest BCUT2D eigenvalue weighted by Gasteiger charge is 2.56. The predicted octanol–water partition coefficient (Wildman–Crippen LogP) is 4.09. The standard InChI is InChI=1S/C18H30O3/c1-17(2)13-7-6-8-15(18(13,3)11-10-14(17)19)21-16-9-4-5-12-20-16/h13,15-16H,4-12H2,1-3H3/t13-,15-,16?,18-/m0/s1. The van der Waals surface area contributed by atoms with E-state index in [1.807, 2.05) is 0 Å². The molecular formula is C18H30O3. The molecule has 0 aromatic heterocycles. The normalized spacial score (nSPS) is 43.4. The number of rotatable bonds is 2. The van der Waals surface area contributed by atoms with Crippen molar-refractivity contribution < 1.29 is 14.3 Å². The Hall–Kier alpha value is -0.410. The van der Waals surface area contributed by atoms with E-state index in [1.165, 1.54) is 19.3 Å². The van der Waals surface area contributed by atoms with Crippen LogP contribution in [0.2, 0.25) is 0 Å². The number of carbonyl (C=O) groups is 1. The SMILES string of the molecule is CC1(C)C(=O)CC[C@]2(C)[C@@H](OC3CCCCO3)CCC[C@@H]12. The summed E-state index contributed by atoms with van der Waals surface area (Å²) >= 11 is 0. The summed E-state index contributed by atoms with van der Waals surface area (Å²) in [6.07, 6.45) is 8.80. The van der Waals surface area contributed by atoms with Crippen molar-refractivity contribution in [3.8, 4) is 0 Å². The van der Waals surface area contributed by atoms with Crippen molar-refractivity contribution in [3.05, 3.63) is 0 Å². The molecule has 0 amide bonds. The van der Waals surface area contributed by atoms with E-state index in [-0.39, 0.29) is 23.2 Å². The Morgan fingerprint density at radius 3 is 2.62 bits per heavy atom. The van der Waals surface area contributed by atoms with E-state index >= 15 is 0 Å². The van der Waals surface area contributed by atoms with Gasteiger partial charge in [0, 0.05) is 18.4 Å². The van der Waals surface area contributed by atoms with Crippen LogP contribution in [0.1, 0.15) is 72.1 Å². The van der Waals surface area contributed by atoms with Gasteiger partial charge in [-0.3, -0.25) is 4.79 Å². The van der Waals surface area contributed by atoms with Gasteiger partial charge in [-0.05, 0) is 49.9 Å². The summed E-state index contributed by atoms with van der Waals surface area (Å²) in [4.78, 5) is 12.3. The molecule has 0 aromatic carbocycles. The molecule has 3 rings (SSSR count). The number of Topliss-reactive ketones (excluding diaryl/α,β-unsaturated/α-hetero) is 1. The lowest BCUT2D eigenvalue weighted by Crippen LogP contribution is -2.56. The Bertz CT molecular complexity index is 397. The van der Waals surface area contributed by atoms with Crippen LogP contribution in [0.25, 0.3) is 0 Å². The fourth-order valence-corrected chi connectivity index (χ4v) is 5.04. The summed E-state index contributed by atoms with van der Waals surface area (Å²) in [6, 6.07) is 0. The first kappa shape index (κ1) is 15.5. The van der Waals surface area contributed by atoms with Crippen LogP contribution >= 0.6 is 0 Å². The monoisotopic (exact) mass is 294 g/mol. The van der Waals surface area contributed by atoms with Crippen LogP contribution in [0.4, 0.5) is 0 Å². The molecule has 0 N–H and O–H groups in total. The Balaban J connectivity index is 1.77. The van der Waals surface area contributed by atoms with Gasteiger partial charge in [0.1, 0.15) is 5.78 Å². The van der Waals surface area contributed by atoms with Gasteiger partial charge in [0.2, 0.25) is 0 Å². The van der Waals surface area contributed by atoms with E-state index in [1.54, 1.807) is 0 Å². The second-order valence-electron chi connectivity index (χ2n) is 8.06. The maximum absolute atomic E-state index is 12.3. The quantitative estimate of drug-likeness (QED) is 0.769. The van der Waals surface area contributed by atoms with Crippen molar-refractivity contribution in [2.45, 2.75) is 84.5 Å². The molecule has 4 atom stereocenters. The van der Waals surface area contributed by atoms with E-state index in [0.717, 1.165) is 32.3 Å². The number of carbonyl (C=O) groups excluding carboxylic acids is 1. The zero-order valence-corrected chi connectivity index (χ0v) is 13.8. The van der Waals surface area contributed by atoms with E-state index in [4.69, 9.17) is 9.47 Å².